The Hall–Kier alpha value is -1.26. The molecule has 0 bridgehead atoms. The van der Waals surface area contributed by atoms with E-state index in [9.17, 15) is 4.79 Å². The van der Waals surface area contributed by atoms with Crippen LogP contribution in [-0.4, -0.2) is 11.7 Å². The van der Waals surface area contributed by atoms with Crippen LogP contribution in [0.4, 0.5) is 0 Å². The lowest BCUT2D eigenvalue weighted by atomic mass is 10.1. The minimum atomic E-state index is -0.211. The highest BCUT2D eigenvalue weighted by Gasteiger charge is 2.10. The van der Waals surface area contributed by atoms with Gasteiger partial charge in [-0.3, -0.25) is 4.79 Å². The molecule has 0 aliphatic rings. The molecule has 2 rings (SSSR count). The van der Waals surface area contributed by atoms with Crippen molar-refractivity contribution in [1.82, 2.24) is 4.57 Å². The maximum Gasteiger partial charge on any atom is 0.269 e. The average molecular weight is 329 g/mol. The second-order valence-electron chi connectivity index (χ2n) is 3.78. The molecule has 1 heterocycles. The molecule has 18 heavy (non-hydrogen) atoms. The maximum absolute atomic E-state index is 11.8. The summed E-state index contributed by atoms with van der Waals surface area (Å²) in [5, 5.41) is 0.214. The zero-order chi connectivity index (χ0) is 13.3. The van der Waals surface area contributed by atoms with Crippen molar-refractivity contribution in [2.45, 2.75) is 0 Å². The number of halogens is 2. The number of benzene rings is 1. The van der Waals surface area contributed by atoms with Gasteiger partial charge in [0.2, 0.25) is 0 Å². The molecular weight excluding hydrogens is 318 g/mol. The number of ether oxygens (including phenoxy) is 1. The largest absolute Gasteiger partial charge is 0.497 e. The number of nitrogens with zero attached hydrogens (tertiary/aromatic N) is 1. The lowest BCUT2D eigenvalue weighted by molar-refractivity contribution is 0.414. The van der Waals surface area contributed by atoms with Gasteiger partial charge in [-0.15, -0.1) is 0 Å². The molecule has 5 heteroatoms. The summed E-state index contributed by atoms with van der Waals surface area (Å²) < 4.78 is 7.52. The van der Waals surface area contributed by atoms with E-state index < -0.39 is 0 Å². The van der Waals surface area contributed by atoms with E-state index >= 15 is 0 Å². The van der Waals surface area contributed by atoms with Gasteiger partial charge in [0.15, 0.2) is 0 Å². The molecule has 1 aromatic carbocycles. The molecule has 0 saturated carbocycles. The Bertz CT molecular complexity index is 652. The number of pyridine rings is 1. The van der Waals surface area contributed by atoms with E-state index in [0.29, 0.717) is 0 Å². The Kier molecular flexibility index (Phi) is 3.78. The van der Waals surface area contributed by atoms with Crippen molar-refractivity contribution in [3.05, 3.63) is 50.2 Å². The first-order valence-electron chi connectivity index (χ1n) is 5.24. The summed E-state index contributed by atoms with van der Waals surface area (Å²) in [5.74, 6) is 0.754. The monoisotopic (exact) mass is 327 g/mol. The fourth-order valence-electron chi connectivity index (χ4n) is 1.71. The quantitative estimate of drug-likeness (QED) is 0.845. The zero-order valence-electron chi connectivity index (χ0n) is 9.91. The Morgan fingerprint density at radius 2 is 2.00 bits per heavy atom. The standard InChI is InChI=1S/C13H11BrClNO2/c1-16-12(6-5-11(15)13(16)17)9-4-3-8(18-2)7-10(9)14/h3-7H,1-2H3. The first-order chi connectivity index (χ1) is 8.54. The van der Waals surface area contributed by atoms with Crippen molar-refractivity contribution in [1.29, 1.82) is 0 Å². The van der Waals surface area contributed by atoms with Crippen LogP contribution in [0, 0.1) is 0 Å². The number of aromatic nitrogens is 1. The molecule has 0 radical (unpaired) electrons. The molecule has 0 amide bonds. The Morgan fingerprint density at radius 1 is 1.28 bits per heavy atom. The molecule has 0 saturated heterocycles. The average Bonchev–Trinajstić information content (AvgIpc) is 2.37. The van der Waals surface area contributed by atoms with Crippen LogP contribution in [0.15, 0.2) is 39.6 Å². The summed E-state index contributed by atoms with van der Waals surface area (Å²) in [4.78, 5) is 11.8. The van der Waals surface area contributed by atoms with Crippen molar-refractivity contribution in [3.63, 3.8) is 0 Å². The molecule has 0 unspecified atom stereocenters. The molecule has 0 aliphatic heterocycles. The van der Waals surface area contributed by atoms with Crippen LogP contribution in [0.1, 0.15) is 0 Å². The number of hydrogen-bond donors (Lipinski definition) is 0. The SMILES string of the molecule is COc1ccc(-c2ccc(Cl)c(=O)n2C)c(Br)c1. The van der Waals surface area contributed by atoms with E-state index in [0.717, 1.165) is 21.5 Å². The third kappa shape index (κ3) is 2.31. The molecule has 0 atom stereocenters. The second kappa shape index (κ2) is 5.16. The number of methoxy groups -OCH3 is 1. The summed E-state index contributed by atoms with van der Waals surface area (Å²) in [7, 11) is 3.31. The normalized spacial score (nSPS) is 10.4. The fraction of sp³-hybridized carbons (Fsp3) is 0.154. The van der Waals surface area contributed by atoms with Gasteiger partial charge >= 0.3 is 0 Å². The zero-order valence-corrected chi connectivity index (χ0v) is 12.2. The van der Waals surface area contributed by atoms with Crippen molar-refractivity contribution in [3.8, 4) is 17.0 Å². The third-order valence-corrected chi connectivity index (χ3v) is 3.65. The van der Waals surface area contributed by atoms with Gasteiger partial charge in [0.05, 0.1) is 12.8 Å². The summed E-state index contributed by atoms with van der Waals surface area (Å²) in [6, 6.07) is 9.02. The van der Waals surface area contributed by atoms with Gasteiger partial charge < -0.3 is 9.30 Å². The van der Waals surface area contributed by atoms with E-state index in [4.69, 9.17) is 16.3 Å². The Balaban J connectivity index is 2.63. The van der Waals surface area contributed by atoms with Crippen molar-refractivity contribution >= 4 is 27.5 Å². The fourth-order valence-corrected chi connectivity index (χ4v) is 2.46. The molecule has 1 aromatic heterocycles. The third-order valence-electron chi connectivity index (χ3n) is 2.71. The number of rotatable bonds is 2. The van der Waals surface area contributed by atoms with E-state index in [-0.39, 0.29) is 10.6 Å². The molecule has 0 aliphatic carbocycles. The highest BCUT2D eigenvalue weighted by atomic mass is 79.9. The van der Waals surface area contributed by atoms with Crippen LogP contribution in [0.2, 0.25) is 5.02 Å². The molecule has 2 aromatic rings. The topological polar surface area (TPSA) is 31.2 Å². The van der Waals surface area contributed by atoms with E-state index in [1.807, 2.05) is 24.3 Å². The predicted octanol–water partition coefficient (Wildman–Crippen LogP) is 3.48. The molecule has 0 fully saturated rings. The Morgan fingerprint density at radius 3 is 2.61 bits per heavy atom. The van der Waals surface area contributed by atoms with Crippen LogP contribution in [0.3, 0.4) is 0 Å². The summed E-state index contributed by atoms with van der Waals surface area (Å²) in [5.41, 5.74) is 1.49. The first-order valence-corrected chi connectivity index (χ1v) is 6.41. The van der Waals surface area contributed by atoms with Gasteiger partial charge in [-0.2, -0.15) is 0 Å². The van der Waals surface area contributed by atoms with Crippen LogP contribution in [0.25, 0.3) is 11.3 Å². The van der Waals surface area contributed by atoms with Gasteiger partial charge in [-0.05, 0) is 46.3 Å². The van der Waals surface area contributed by atoms with Gasteiger partial charge in [0.25, 0.3) is 5.56 Å². The van der Waals surface area contributed by atoms with Gasteiger partial charge in [-0.25, -0.2) is 0 Å². The highest BCUT2D eigenvalue weighted by Crippen LogP contribution is 2.30. The molecule has 0 spiro atoms. The Labute approximate surface area is 118 Å². The molecule has 94 valence electrons. The molecule has 0 N–H and O–H groups in total. The van der Waals surface area contributed by atoms with Crippen molar-refractivity contribution in [2.24, 2.45) is 7.05 Å². The van der Waals surface area contributed by atoms with Crippen molar-refractivity contribution < 1.29 is 4.74 Å². The van der Waals surface area contributed by atoms with Crippen LogP contribution in [0.5, 0.6) is 5.75 Å². The predicted molar refractivity (Wildman–Crippen MR) is 76.4 cm³/mol. The molecule has 3 nitrogen and oxygen atoms in total. The van der Waals surface area contributed by atoms with E-state index in [1.54, 1.807) is 20.2 Å². The smallest absolute Gasteiger partial charge is 0.269 e. The summed E-state index contributed by atoms with van der Waals surface area (Å²) in [6.45, 7) is 0. The van der Waals surface area contributed by atoms with E-state index in [2.05, 4.69) is 15.9 Å². The summed E-state index contributed by atoms with van der Waals surface area (Å²) in [6.07, 6.45) is 0. The maximum atomic E-state index is 11.8. The lowest BCUT2D eigenvalue weighted by Gasteiger charge is -2.11. The second-order valence-corrected chi connectivity index (χ2v) is 5.04. The minimum Gasteiger partial charge on any atom is -0.497 e. The van der Waals surface area contributed by atoms with Crippen LogP contribution < -0.4 is 10.3 Å². The minimum absolute atomic E-state index is 0.211. The van der Waals surface area contributed by atoms with Gasteiger partial charge in [-0.1, -0.05) is 11.6 Å². The van der Waals surface area contributed by atoms with Crippen LogP contribution in [-0.2, 0) is 7.05 Å². The highest BCUT2D eigenvalue weighted by molar-refractivity contribution is 9.10. The number of hydrogen-bond acceptors (Lipinski definition) is 2. The summed E-state index contributed by atoms with van der Waals surface area (Å²) >= 11 is 9.27. The molecular formula is C13H11BrClNO2. The van der Waals surface area contributed by atoms with Gasteiger partial charge in [0, 0.05) is 17.1 Å². The van der Waals surface area contributed by atoms with Crippen LogP contribution >= 0.6 is 27.5 Å². The van der Waals surface area contributed by atoms with Gasteiger partial charge in [0.1, 0.15) is 10.8 Å². The van der Waals surface area contributed by atoms with Crippen molar-refractivity contribution in [2.75, 3.05) is 7.11 Å². The lowest BCUT2D eigenvalue weighted by Crippen LogP contribution is -2.18. The first kappa shape index (κ1) is 13.2. The van der Waals surface area contributed by atoms with E-state index in [1.165, 1.54) is 4.57 Å².